The molecule has 160 valence electrons. The summed E-state index contributed by atoms with van der Waals surface area (Å²) in [5, 5.41) is 2.93. The lowest BCUT2D eigenvalue weighted by atomic mass is 10.1. The predicted octanol–water partition coefficient (Wildman–Crippen LogP) is 4.14. The van der Waals surface area contributed by atoms with Crippen LogP contribution in [0.3, 0.4) is 0 Å². The summed E-state index contributed by atoms with van der Waals surface area (Å²) in [7, 11) is 1.96. The van der Waals surface area contributed by atoms with E-state index in [0.29, 0.717) is 12.5 Å². The van der Waals surface area contributed by atoms with Gasteiger partial charge >= 0.3 is 0 Å². The Morgan fingerprint density at radius 3 is 2.41 bits per heavy atom. The van der Waals surface area contributed by atoms with Gasteiger partial charge in [-0.15, -0.1) is 0 Å². The lowest BCUT2D eigenvalue weighted by Crippen LogP contribution is -2.35. The van der Waals surface area contributed by atoms with Gasteiger partial charge in [-0.05, 0) is 60.9 Å². The monoisotopic (exact) mass is 424 g/mol. The number of hydrogen-bond donors (Lipinski definition) is 1. The van der Waals surface area contributed by atoms with Crippen molar-refractivity contribution in [2.45, 2.75) is 20.4 Å². The topological polar surface area (TPSA) is 75.9 Å². The second-order valence-electron chi connectivity index (χ2n) is 7.93. The molecule has 0 atom stereocenters. The average molecular weight is 425 g/mol. The lowest BCUT2D eigenvalue weighted by Gasteiger charge is -2.18. The maximum atomic E-state index is 12.4. The summed E-state index contributed by atoms with van der Waals surface area (Å²) >= 11 is 0. The number of nitrogens with one attached hydrogen (secondary N) is 1. The molecule has 1 aliphatic heterocycles. The maximum absolute atomic E-state index is 12.4. The van der Waals surface area contributed by atoms with Crippen molar-refractivity contribution < 1.29 is 4.79 Å². The number of fused-ring (bicyclic) bond motifs is 1. The molecule has 0 saturated carbocycles. The highest BCUT2D eigenvalue weighted by atomic mass is 16.2. The highest BCUT2D eigenvalue weighted by molar-refractivity contribution is 5.97. The number of hydrogen-bond acceptors (Lipinski definition) is 5. The second kappa shape index (κ2) is 7.92. The summed E-state index contributed by atoms with van der Waals surface area (Å²) < 4.78 is 2.09. The van der Waals surface area contributed by atoms with Crippen molar-refractivity contribution in [2.24, 2.45) is 0 Å². The van der Waals surface area contributed by atoms with E-state index in [9.17, 15) is 4.79 Å². The Balaban J connectivity index is 1.48. The first-order valence-corrected chi connectivity index (χ1v) is 10.6. The smallest absolute Gasteiger partial charge is 0.268 e. The van der Waals surface area contributed by atoms with Gasteiger partial charge in [0.2, 0.25) is 5.95 Å². The number of carbonyl (C=O) groups is 1. The van der Waals surface area contributed by atoms with Gasteiger partial charge in [-0.2, -0.15) is 0 Å². The van der Waals surface area contributed by atoms with Gasteiger partial charge in [-0.1, -0.05) is 12.1 Å². The minimum atomic E-state index is -0.0243. The molecule has 0 radical (unpaired) electrons. The molecular weight excluding hydrogens is 400 g/mol. The average Bonchev–Trinajstić information content (AvgIpc) is 3.10. The van der Waals surface area contributed by atoms with Crippen LogP contribution in [0, 0.1) is 13.8 Å². The summed E-state index contributed by atoms with van der Waals surface area (Å²) in [6, 6.07) is 14.2. The first-order valence-electron chi connectivity index (χ1n) is 10.6. The van der Waals surface area contributed by atoms with Crippen LogP contribution in [-0.4, -0.2) is 39.0 Å². The molecule has 1 aromatic carbocycles. The van der Waals surface area contributed by atoms with E-state index in [1.54, 1.807) is 18.6 Å². The zero-order valence-corrected chi connectivity index (χ0v) is 18.3. The summed E-state index contributed by atoms with van der Waals surface area (Å²) in [6.45, 7) is 5.46. The van der Waals surface area contributed by atoms with Crippen LogP contribution in [0.1, 0.15) is 21.7 Å². The molecule has 0 saturated heterocycles. The van der Waals surface area contributed by atoms with Crippen LogP contribution in [0.2, 0.25) is 0 Å². The van der Waals surface area contributed by atoms with Crippen LogP contribution in [0.4, 0.5) is 11.6 Å². The van der Waals surface area contributed by atoms with Crippen molar-refractivity contribution in [1.29, 1.82) is 0 Å². The van der Waals surface area contributed by atoms with Crippen molar-refractivity contribution in [3.8, 4) is 22.4 Å². The SMILES string of the molecule is Cc1c(-c2ccnc(N(C)c3ccc(-c4ccncc4)cc3)n2)c(C)n2c1C(=O)NCC2. The first kappa shape index (κ1) is 19.9. The molecule has 1 N–H and O–H groups in total. The Hall–Kier alpha value is -4.00. The molecule has 5 rings (SSSR count). The highest BCUT2D eigenvalue weighted by Crippen LogP contribution is 2.33. The Bertz CT molecular complexity index is 1290. The molecule has 3 aromatic heterocycles. The zero-order valence-electron chi connectivity index (χ0n) is 18.3. The third kappa shape index (κ3) is 3.32. The largest absolute Gasteiger partial charge is 0.349 e. The molecule has 7 nitrogen and oxygen atoms in total. The molecule has 4 heterocycles. The first-order chi connectivity index (χ1) is 15.5. The van der Waals surface area contributed by atoms with E-state index in [1.807, 2.05) is 44.0 Å². The maximum Gasteiger partial charge on any atom is 0.268 e. The van der Waals surface area contributed by atoms with E-state index in [0.717, 1.165) is 51.6 Å². The standard InChI is InChI=1S/C25H24N6O/c1-16-22(17(2)31-15-14-27-24(32)23(16)31)21-10-13-28-25(29-21)30(3)20-6-4-18(5-7-20)19-8-11-26-12-9-19/h4-13H,14-15H2,1-3H3,(H,27,32). The van der Waals surface area contributed by atoms with Crippen LogP contribution in [0.15, 0.2) is 61.1 Å². The number of amides is 1. The van der Waals surface area contributed by atoms with Crippen molar-refractivity contribution in [3.63, 3.8) is 0 Å². The minimum Gasteiger partial charge on any atom is -0.349 e. The molecular formula is C25H24N6O. The number of nitrogens with zero attached hydrogens (tertiary/aromatic N) is 5. The molecule has 0 spiro atoms. The summed E-state index contributed by atoms with van der Waals surface area (Å²) in [5.41, 5.74) is 7.80. The van der Waals surface area contributed by atoms with Crippen molar-refractivity contribution in [3.05, 3.63) is 78.0 Å². The molecule has 0 unspecified atom stereocenters. The van der Waals surface area contributed by atoms with Crippen molar-refractivity contribution >= 4 is 17.5 Å². The van der Waals surface area contributed by atoms with Gasteiger partial charge in [0, 0.05) is 55.7 Å². The second-order valence-corrected chi connectivity index (χ2v) is 7.93. The van der Waals surface area contributed by atoms with Crippen LogP contribution >= 0.6 is 0 Å². The van der Waals surface area contributed by atoms with Gasteiger partial charge < -0.3 is 14.8 Å². The van der Waals surface area contributed by atoms with E-state index >= 15 is 0 Å². The highest BCUT2D eigenvalue weighted by Gasteiger charge is 2.26. The predicted molar refractivity (Wildman–Crippen MR) is 125 cm³/mol. The number of carbonyl (C=O) groups excluding carboxylic acids is 1. The number of aromatic nitrogens is 4. The summed E-state index contributed by atoms with van der Waals surface area (Å²) in [5.74, 6) is 0.579. The lowest BCUT2D eigenvalue weighted by molar-refractivity contribution is 0.0926. The van der Waals surface area contributed by atoms with Gasteiger partial charge in [0.05, 0.1) is 5.69 Å². The van der Waals surface area contributed by atoms with Gasteiger partial charge in [-0.25, -0.2) is 9.97 Å². The van der Waals surface area contributed by atoms with Crippen molar-refractivity contribution in [2.75, 3.05) is 18.5 Å². The normalized spacial score (nSPS) is 12.9. The van der Waals surface area contributed by atoms with Crippen molar-refractivity contribution in [1.82, 2.24) is 24.8 Å². The third-order valence-electron chi connectivity index (χ3n) is 6.07. The Kier molecular flexibility index (Phi) is 4.93. The fraction of sp³-hybridized carbons (Fsp3) is 0.200. The van der Waals surface area contributed by atoms with E-state index < -0.39 is 0 Å². The van der Waals surface area contributed by atoms with E-state index in [4.69, 9.17) is 4.98 Å². The zero-order chi connectivity index (χ0) is 22.2. The van der Waals surface area contributed by atoms with Gasteiger partial charge in [-0.3, -0.25) is 9.78 Å². The molecule has 4 aromatic rings. The van der Waals surface area contributed by atoms with Gasteiger partial charge in [0.1, 0.15) is 5.69 Å². The van der Waals surface area contributed by atoms with E-state index in [1.165, 1.54) is 0 Å². The molecule has 1 aliphatic rings. The van der Waals surface area contributed by atoms with Crippen LogP contribution in [-0.2, 0) is 6.54 Å². The quantitative estimate of drug-likeness (QED) is 0.533. The molecule has 0 bridgehead atoms. The fourth-order valence-corrected chi connectivity index (χ4v) is 4.40. The van der Waals surface area contributed by atoms with Crippen LogP contribution in [0.25, 0.3) is 22.4 Å². The third-order valence-corrected chi connectivity index (χ3v) is 6.07. The molecule has 32 heavy (non-hydrogen) atoms. The van der Waals surface area contributed by atoms with Crippen LogP contribution < -0.4 is 10.2 Å². The summed E-state index contributed by atoms with van der Waals surface area (Å²) in [6.07, 6.45) is 5.36. The Morgan fingerprint density at radius 1 is 0.969 bits per heavy atom. The Labute approximate surface area is 186 Å². The van der Waals surface area contributed by atoms with Crippen LogP contribution in [0.5, 0.6) is 0 Å². The fourth-order valence-electron chi connectivity index (χ4n) is 4.40. The van der Waals surface area contributed by atoms with Gasteiger partial charge in [0.25, 0.3) is 5.91 Å². The molecule has 0 fully saturated rings. The number of rotatable bonds is 4. The molecule has 7 heteroatoms. The number of benzene rings is 1. The van der Waals surface area contributed by atoms with E-state index in [-0.39, 0.29) is 5.91 Å². The van der Waals surface area contributed by atoms with Gasteiger partial charge in [0.15, 0.2) is 0 Å². The summed E-state index contributed by atoms with van der Waals surface area (Å²) in [4.78, 5) is 27.8. The molecule has 0 aliphatic carbocycles. The minimum absolute atomic E-state index is 0.0243. The number of pyridine rings is 1. The number of anilines is 2. The Morgan fingerprint density at radius 2 is 1.69 bits per heavy atom. The van der Waals surface area contributed by atoms with E-state index in [2.05, 4.69) is 44.1 Å². The molecule has 1 amide bonds.